The van der Waals surface area contributed by atoms with Crippen molar-refractivity contribution in [2.24, 2.45) is 0 Å². The molecule has 0 unspecified atom stereocenters. The minimum Gasteiger partial charge on any atom is -0.372 e. The molecule has 3 rings (SSSR count). The number of benzene rings is 2. The van der Waals surface area contributed by atoms with Crippen LogP contribution in [0.3, 0.4) is 0 Å². The third-order valence-corrected chi connectivity index (χ3v) is 5.75. The van der Waals surface area contributed by atoms with Gasteiger partial charge < -0.3 is 9.84 Å². The number of rotatable bonds is 5. The van der Waals surface area contributed by atoms with Gasteiger partial charge in [-0.1, -0.05) is 49.3 Å². The van der Waals surface area contributed by atoms with Gasteiger partial charge in [0.15, 0.2) is 0 Å². The average Bonchev–Trinajstić information content (AvgIpc) is 3.13. The van der Waals surface area contributed by atoms with Crippen molar-refractivity contribution in [1.29, 1.82) is 0 Å². The highest BCUT2D eigenvalue weighted by atomic mass is 19.4. The van der Waals surface area contributed by atoms with E-state index in [0.29, 0.717) is 24.0 Å². The van der Waals surface area contributed by atoms with Crippen molar-refractivity contribution >= 4 is 16.3 Å². The minimum absolute atomic E-state index is 0.257. The van der Waals surface area contributed by atoms with Crippen molar-refractivity contribution < 1.29 is 36.2 Å². The van der Waals surface area contributed by atoms with Crippen LogP contribution in [0.2, 0.25) is 0 Å². The Morgan fingerprint density at radius 1 is 1.03 bits per heavy atom. The highest BCUT2D eigenvalue weighted by Crippen LogP contribution is 2.48. The van der Waals surface area contributed by atoms with Crippen LogP contribution in [0.4, 0.5) is 26.3 Å². The van der Waals surface area contributed by atoms with Gasteiger partial charge in [-0.3, -0.25) is 0 Å². The summed E-state index contributed by atoms with van der Waals surface area (Å²) in [5, 5.41) is 11.2. The Morgan fingerprint density at radius 3 is 2.13 bits per heavy atom. The molecule has 2 aromatic carbocycles. The fraction of sp³-hybridized carbons (Fsp3) is 0.455. The number of halogens is 6. The third-order valence-electron chi connectivity index (χ3n) is 5.75. The zero-order valence-electron chi connectivity index (χ0n) is 16.3. The van der Waals surface area contributed by atoms with Crippen molar-refractivity contribution in [3.63, 3.8) is 0 Å². The van der Waals surface area contributed by atoms with E-state index in [4.69, 9.17) is 4.74 Å². The number of allylic oxidation sites excluding steroid dienone is 1. The molecule has 1 saturated carbocycles. The molecule has 0 heterocycles. The monoisotopic (exact) mass is 432 g/mol. The highest BCUT2D eigenvalue weighted by Gasteiger charge is 2.71. The quantitative estimate of drug-likeness (QED) is 0.546. The second kappa shape index (κ2) is 7.57. The summed E-state index contributed by atoms with van der Waals surface area (Å²) >= 11 is 0. The molecule has 0 spiro atoms. The van der Waals surface area contributed by atoms with E-state index in [9.17, 15) is 31.4 Å². The molecular weight excluding hydrogens is 410 g/mol. The maximum Gasteiger partial charge on any atom is 0.428 e. The summed E-state index contributed by atoms with van der Waals surface area (Å²) in [6.07, 6.45) is -10.1. The Morgan fingerprint density at radius 2 is 1.60 bits per heavy atom. The predicted octanol–water partition coefficient (Wildman–Crippen LogP) is 6.51. The Kier molecular flexibility index (Phi) is 5.71. The van der Waals surface area contributed by atoms with Crippen LogP contribution in [0.25, 0.3) is 16.3 Å². The van der Waals surface area contributed by atoms with Gasteiger partial charge in [0.1, 0.15) is 0 Å². The van der Waals surface area contributed by atoms with Crippen LogP contribution in [-0.2, 0) is 10.3 Å². The maximum absolute atomic E-state index is 13.1. The largest absolute Gasteiger partial charge is 0.428 e. The Balaban J connectivity index is 2.07. The van der Waals surface area contributed by atoms with Crippen LogP contribution >= 0.6 is 0 Å². The van der Waals surface area contributed by atoms with E-state index in [1.54, 1.807) is 25.1 Å². The molecule has 2 aromatic rings. The Labute approximate surface area is 170 Å². The molecule has 2 nitrogen and oxygen atoms in total. The number of fused-ring (bicyclic) bond motifs is 1. The minimum atomic E-state index is -5.92. The van der Waals surface area contributed by atoms with Gasteiger partial charge in [-0.15, -0.1) is 0 Å². The van der Waals surface area contributed by atoms with Gasteiger partial charge in [0, 0.05) is 0 Å². The maximum atomic E-state index is 13.1. The van der Waals surface area contributed by atoms with Crippen LogP contribution in [0.15, 0.2) is 43.0 Å². The summed E-state index contributed by atoms with van der Waals surface area (Å²) in [6, 6.07) is 10.8. The van der Waals surface area contributed by atoms with Crippen molar-refractivity contribution in [1.82, 2.24) is 0 Å². The lowest BCUT2D eigenvalue weighted by Crippen LogP contribution is -2.60. The first-order valence-corrected chi connectivity index (χ1v) is 9.50. The first-order valence-electron chi connectivity index (χ1n) is 9.50. The molecule has 1 N–H and O–H groups in total. The number of ether oxygens (including phenoxy) is 1. The van der Waals surface area contributed by atoms with Crippen LogP contribution in [0, 0.1) is 0 Å². The van der Waals surface area contributed by atoms with E-state index in [2.05, 4.69) is 6.58 Å². The van der Waals surface area contributed by atoms with Crippen molar-refractivity contribution in [2.45, 2.75) is 56.2 Å². The predicted molar refractivity (Wildman–Crippen MR) is 102 cm³/mol. The molecule has 30 heavy (non-hydrogen) atoms. The zero-order chi connectivity index (χ0) is 22.4. The van der Waals surface area contributed by atoms with E-state index in [1.165, 1.54) is 0 Å². The smallest absolute Gasteiger partial charge is 0.372 e. The van der Waals surface area contributed by atoms with E-state index in [-0.39, 0.29) is 12.8 Å². The Hall–Kier alpha value is -2.06. The molecule has 0 amide bonds. The molecule has 164 valence electrons. The molecule has 0 bridgehead atoms. The molecular formula is C22H22F6O2. The summed E-state index contributed by atoms with van der Waals surface area (Å²) in [5.74, 6) is 0. The standard InChI is InChI=1S/C22H22F6O2/c1-14(2)18-12-16(11-15-7-3-4-8-17(15)18)19(9-5-6-10-19)30-13-20(29,21(23,24)25)22(26,27)28/h3-4,7-8,11-12,29H,1,5-6,9-10,13H2,2H3. The molecule has 0 aromatic heterocycles. The van der Waals surface area contributed by atoms with Gasteiger partial charge >= 0.3 is 12.4 Å². The van der Waals surface area contributed by atoms with Gasteiger partial charge in [-0.2, -0.15) is 26.3 Å². The van der Waals surface area contributed by atoms with Crippen molar-refractivity contribution in [2.75, 3.05) is 6.61 Å². The molecule has 0 saturated heterocycles. The van der Waals surface area contributed by atoms with E-state index >= 15 is 0 Å². The molecule has 0 radical (unpaired) electrons. The van der Waals surface area contributed by atoms with E-state index in [1.807, 2.05) is 18.2 Å². The second-order valence-electron chi connectivity index (χ2n) is 7.87. The molecule has 8 heteroatoms. The molecule has 1 aliphatic carbocycles. The Bertz CT molecular complexity index is 925. The molecule has 0 aliphatic heterocycles. The van der Waals surface area contributed by atoms with Crippen LogP contribution in [-0.4, -0.2) is 29.7 Å². The van der Waals surface area contributed by atoms with Crippen LogP contribution in [0.5, 0.6) is 0 Å². The molecule has 1 fully saturated rings. The summed E-state index contributed by atoms with van der Waals surface area (Å²) in [4.78, 5) is 0. The van der Waals surface area contributed by atoms with Crippen LogP contribution < -0.4 is 0 Å². The lowest BCUT2D eigenvalue weighted by atomic mass is 9.86. The summed E-state index contributed by atoms with van der Waals surface area (Å²) < 4.78 is 84.1. The topological polar surface area (TPSA) is 29.5 Å². The van der Waals surface area contributed by atoms with E-state index < -0.39 is 30.2 Å². The first-order chi connectivity index (χ1) is 13.8. The number of hydrogen-bond donors (Lipinski definition) is 1. The van der Waals surface area contributed by atoms with Gasteiger partial charge in [0.2, 0.25) is 0 Å². The summed E-state index contributed by atoms with van der Waals surface area (Å²) in [5.41, 5.74) is -4.34. The van der Waals surface area contributed by atoms with Crippen molar-refractivity contribution in [3.8, 4) is 0 Å². The molecule has 1 aliphatic rings. The lowest BCUT2D eigenvalue weighted by Gasteiger charge is -2.37. The van der Waals surface area contributed by atoms with Gasteiger partial charge in [-0.25, -0.2) is 0 Å². The summed E-state index contributed by atoms with van der Waals surface area (Å²) in [7, 11) is 0. The number of alkyl halides is 6. The molecule has 0 atom stereocenters. The summed E-state index contributed by atoms with van der Waals surface area (Å²) in [6.45, 7) is 3.79. The zero-order valence-corrected chi connectivity index (χ0v) is 16.3. The number of hydrogen-bond acceptors (Lipinski definition) is 2. The normalized spacial score (nSPS) is 17.5. The van der Waals surface area contributed by atoms with Gasteiger partial charge in [0.05, 0.1) is 12.2 Å². The SMILES string of the molecule is C=C(C)c1cc(C2(OCC(O)(C(F)(F)F)C(F)(F)F)CCCC2)cc2ccccc12. The third kappa shape index (κ3) is 3.83. The first kappa shape index (κ1) is 22.6. The van der Waals surface area contributed by atoms with Gasteiger partial charge in [0.25, 0.3) is 5.60 Å². The van der Waals surface area contributed by atoms with Crippen molar-refractivity contribution in [3.05, 3.63) is 54.1 Å². The van der Waals surface area contributed by atoms with Gasteiger partial charge in [-0.05, 0) is 53.8 Å². The van der Waals surface area contributed by atoms with E-state index in [0.717, 1.165) is 16.3 Å². The second-order valence-corrected chi connectivity index (χ2v) is 7.87. The lowest BCUT2D eigenvalue weighted by molar-refractivity contribution is -0.383. The fourth-order valence-corrected chi connectivity index (χ4v) is 3.96. The highest BCUT2D eigenvalue weighted by molar-refractivity contribution is 5.93. The average molecular weight is 432 g/mol. The number of aliphatic hydroxyl groups is 1. The van der Waals surface area contributed by atoms with Crippen LogP contribution in [0.1, 0.15) is 43.7 Å². The fourth-order valence-electron chi connectivity index (χ4n) is 3.96.